The van der Waals surface area contributed by atoms with Crippen molar-refractivity contribution in [1.29, 1.82) is 5.26 Å². The fourth-order valence-corrected chi connectivity index (χ4v) is 3.95. The molecule has 2 aliphatic heterocycles. The van der Waals surface area contributed by atoms with Crippen LogP contribution < -0.4 is 15.0 Å². The van der Waals surface area contributed by atoms with E-state index in [4.69, 9.17) is 9.47 Å². The van der Waals surface area contributed by atoms with Crippen LogP contribution in [-0.2, 0) is 16.0 Å². The minimum atomic E-state index is -0.446. The summed E-state index contributed by atoms with van der Waals surface area (Å²) in [5, 5.41) is 12.8. The lowest BCUT2D eigenvalue weighted by Crippen LogP contribution is -2.34. The van der Waals surface area contributed by atoms with Crippen LogP contribution in [0.2, 0.25) is 0 Å². The summed E-state index contributed by atoms with van der Waals surface area (Å²) in [6, 6.07) is 16.5. The zero-order chi connectivity index (χ0) is 21.8. The van der Waals surface area contributed by atoms with E-state index in [0.717, 1.165) is 41.1 Å². The minimum absolute atomic E-state index is 0.00337. The van der Waals surface area contributed by atoms with Gasteiger partial charge in [0, 0.05) is 26.6 Å². The highest BCUT2D eigenvalue weighted by Crippen LogP contribution is 2.40. The molecule has 2 atom stereocenters. The maximum Gasteiger partial charge on any atom is 0.193 e. The standard InChI is InChI=1S/C25H27N3O3/c1-17-28(2)22-14-21(8-9-24(22)31-17)20-6-4-18(5-7-20)12-19(15-26)13-23(29)25-16-27-10-3-11-30-25/h4-9,14,19,25,27H,1,3,10-13,16H2,2H3/t19-,25?/m1/s1. The Labute approximate surface area is 183 Å². The molecule has 0 aliphatic carbocycles. The second kappa shape index (κ2) is 9.34. The second-order valence-electron chi connectivity index (χ2n) is 8.05. The van der Waals surface area contributed by atoms with Crippen molar-refractivity contribution in [1.82, 2.24) is 5.32 Å². The van der Waals surface area contributed by atoms with Crippen LogP contribution in [-0.4, -0.2) is 38.6 Å². The third-order valence-corrected chi connectivity index (χ3v) is 5.83. The lowest BCUT2D eigenvalue weighted by Gasteiger charge is -2.16. The van der Waals surface area contributed by atoms with Gasteiger partial charge in [-0.15, -0.1) is 0 Å². The van der Waals surface area contributed by atoms with Crippen LogP contribution in [0.15, 0.2) is 54.9 Å². The van der Waals surface area contributed by atoms with Gasteiger partial charge in [0.2, 0.25) is 0 Å². The highest BCUT2D eigenvalue weighted by atomic mass is 16.5. The van der Waals surface area contributed by atoms with Gasteiger partial charge >= 0.3 is 0 Å². The van der Waals surface area contributed by atoms with Crippen LogP contribution in [0.1, 0.15) is 18.4 Å². The number of Topliss-reactive ketones (excluding diaryl/α,β-unsaturated/α-hetero) is 1. The molecular formula is C25H27N3O3. The van der Waals surface area contributed by atoms with Gasteiger partial charge in [0.1, 0.15) is 6.10 Å². The van der Waals surface area contributed by atoms with Gasteiger partial charge in [0.25, 0.3) is 0 Å². The van der Waals surface area contributed by atoms with Crippen molar-refractivity contribution in [3.63, 3.8) is 0 Å². The average molecular weight is 418 g/mol. The number of nitrogens with one attached hydrogen (secondary N) is 1. The van der Waals surface area contributed by atoms with Gasteiger partial charge in [-0.2, -0.15) is 5.26 Å². The van der Waals surface area contributed by atoms with E-state index in [1.807, 2.05) is 36.2 Å². The van der Waals surface area contributed by atoms with Crippen LogP contribution in [0, 0.1) is 17.2 Å². The molecule has 2 heterocycles. The highest BCUT2D eigenvalue weighted by Gasteiger charge is 2.24. The van der Waals surface area contributed by atoms with Crippen LogP contribution in [0.3, 0.4) is 0 Å². The Morgan fingerprint density at radius 1 is 1.29 bits per heavy atom. The predicted molar refractivity (Wildman–Crippen MR) is 120 cm³/mol. The van der Waals surface area contributed by atoms with E-state index in [1.54, 1.807) is 0 Å². The first kappa shape index (κ1) is 21.1. The number of fused-ring (bicyclic) bond motifs is 1. The van der Waals surface area contributed by atoms with Gasteiger partial charge in [-0.3, -0.25) is 4.79 Å². The van der Waals surface area contributed by atoms with Gasteiger partial charge in [0.05, 0.1) is 17.7 Å². The van der Waals surface area contributed by atoms with E-state index in [-0.39, 0.29) is 18.1 Å². The van der Waals surface area contributed by atoms with Gasteiger partial charge in [-0.05, 0) is 54.8 Å². The molecule has 1 N–H and O–H groups in total. The molecule has 0 saturated carbocycles. The van der Waals surface area contributed by atoms with Crippen molar-refractivity contribution < 1.29 is 14.3 Å². The first-order valence-corrected chi connectivity index (χ1v) is 10.6. The van der Waals surface area contributed by atoms with Gasteiger partial charge in [-0.1, -0.05) is 30.3 Å². The van der Waals surface area contributed by atoms with E-state index in [9.17, 15) is 10.1 Å². The molecule has 0 radical (unpaired) electrons. The van der Waals surface area contributed by atoms with Gasteiger partial charge in [-0.25, -0.2) is 0 Å². The van der Waals surface area contributed by atoms with Crippen LogP contribution in [0.4, 0.5) is 5.69 Å². The van der Waals surface area contributed by atoms with E-state index < -0.39 is 6.10 Å². The number of rotatable bonds is 6. The SMILES string of the molecule is C=C1Oc2ccc(-c3ccc(C[C@@H](C#N)CC(=O)C4CNCCCO4)cc3)cc2N1C. The zero-order valence-electron chi connectivity index (χ0n) is 17.8. The fourth-order valence-electron chi connectivity index (χ4n) is 3.95. The van der Waals surface area contributed by atoms with Crippen molar-refractivity contribution in [2.75, 3.05) is 31.6 Å². The Kier molecular flexibility index (Phi) is 6.36. The minimum Gasteiger partial charge on any atom is -0.439 e. The maximum atomic E-state index is 12.6. The molecule has 31 heavy (non-hydrogen) atoms. The number of ketones is 1. The molecule has 0 amide bonds. The van der Waals surface area contributed by atoms with Gasteiger partial charge in [0.15, 0.2) is 17.4 Å². The molecule has 2 aliphatic rings. The molecule has 1 fully saturated rings. The summed E-state index contributed by atoms with van der Waals surface area (Å²) in [5.74, 6) is 1.07. The predicted octanol–water partition coefficient (Wildman–Crippen LogP) is 3.67. The third kappa shape index (κ3) is 4.79. The number of ether oxygens (including phenoxy) is 2. The molecule has 4 rings (SSSR count). The van der Waals surface area contributed by atoms with Crippen molar-refractivity contribution in [3.8, 4) is 22.9 Å². The van der Waals surface area contributed by atoms with Crippen LogP contribution >= 0.6 is 0 Å². The molecule has 6 nitrogen and oxygen atoms in total. The Bertz CT molecular complexity index is 1000. The molecule has 0 spiro atoms. The molecule has 160 valence electrons. The molecule has 1 unspecified atom stereocenters. The number of hydrogen-bond acceptors (Lipinski definition) is 6. The summed E-state index contributed by atoms with van der Waals surface area (Å²) in [7, 11) is 1.93. The van der Waals surface area contributed by atoms with Crippen molar-refractivity contribution >= 4 is 11.5 Å². The van der Waals surface area contributed by atoms with E-state index in [0.29, 0.717) is 25.5 Å². The first-order chi connectivity index (χ1) is 15.0. The second-order valence-corrected chi connectivity index (χ2v) is 8.05. The number of benzene rings is 2. The number of carbonyl (C=O) groups excluding carboxylic acids is 1. The Morgan fingerprint density at radius 2 is 2.06 bits per heavy atom. The Morgan fingerprint density at radius 3 is 2.84 bits per heavy atom. The Hall–Kier alpha value is -3.14. The fraction of sp³-hybridized carbons (Fsp3) is 0.360. The number of anilines is 1. The largest absolute Gasteiger partial charge is 0.439 e. The zero-order valence-corrected chi connectivity index (χ0v) is 17.8. The lowest BCUT2D eigenvalue weighted by molar-refractivity contribution is -0.130. The van der Waals surface area contributed by atoms with Crippen molar-refractivity contribution in [2.45, 2.75) is 25.4 Å². The van der Waals surface area contributed by atoms with E-state index >= 15 is 0 Å². The van der Waals surface area contributed by atoms with Crippen LogP contribution in [0.25, 0.3) is 11.1 Å². The van der Waals surface area contributed by atoms with E-state index in [2.05, 4.69) is 36.2 Å². The Balaban J connectivity index is 1.40. The third-order valence-electron chi connectivity index (χ3n) is 5.83. The molecular weight excluding hydrogens is 390 g/mol. The highest BCUT2D eigenvalue weighted by molar-refractivity contribution is 5.84. The summed E-state index contributed by atoms with van der Waals surface area (Å²) in [6.07, 6.45) is 1.22. The number of nitrogens with zero attached hydrogens (tertiary/aromatic N) is 2. The summed E-state index contributed by atoms with van der Waals surface area (Å²) in [4.78, 5) is 14.5. The smallest absolute Gasteiger partial charge is 0.193 e. The summed E-state index contributed by atoms with van der Waals surface area (Å²) < 4.78 is 11.3. The molecule has 2 aromatic carbocycles. The van der Waals surface area contributed by atoms with Gasteiger partial charge < -0.3 is 19.7 Å². The first-order valence-electron chi connectivity index (χ1n) is 10.6. The lowest BCUT2D eigenvalue weighted by atomic mass is 9.93. The number of carbonyl (C=O) groups is 1. The van der Waals surface area contributed by atoms with Crippen molar-refractivity contribution in [3.05, 3.63) is 60.5 Å². The van der Waals surface area contributed by atoms with E-state index in [1.165, 1.54) is 0 Å². The summed E-state index contributed by atoms with van der Waals surface area (Å²) in [5.41, 5.74) is 4.20. The number of hydrogen-bond donors (Lipinski definition) is 1. The molecule has 0 bridgehead atoms. The normalized spacial score (nSPS) is 19.2. The molecule has 1 saturated heterocycles. The maximum absolute atomic E-state index is 12.6. The quantitative estimate of drug-likeness (QED) is 0.773. The molecule has 6 heteroatoms. The molecule has 2 aromatic rings. The summed E-state index contributed by atoms with van der Waals surface area (Å²) in [6.45, 7) is 5.87. The monoisotopic (exact) mass is 417 g/mol. The molecule has 0 aromatic heterocycles. The number of nitriles is 1. The van der Waals surface area contributed by atoms with Crippen LogP contribution in [0.5, 0.6) is 5.75 Å². The summed E-state index contributed by atoms with van der Waals surface area (Å²) >= 11 is 0. The van der Waals surface area contributed by atoms with Crippen molar-refractivity contribution in [2.24, 2.45) is 5.92 Å². The topological polar surface area (TPSA) is 74.6 Å². The average Bonchev–Trinajstić information content (AvgIpc) is 2.96.